The van der Waals surface area contributed by atoms with Crippen molar-refractivity contribution in [2.24, 2.45) is 0 Å². The molecule has 6 nitrogen and oxygen atoms in total. The maximum Gasteiger partial charge on any atom is 0.328 e. The van der Waals surface area contributed by atoms with Crippen LogP contribution in [0.25, 0.3) is 17.2 Å². The smallest absolute Gasteiger partial charge is 0.328 e. The minimum Gasteiger partial charge on any atom is -0.467 e. The molecule has 206 valence electrons. The van der Waals surface area contributed by atoms with Crippen molar-refractivity contribution < 1.29 is 28.9 Å². The van der Waals surface area contributed by atoms with E-state index in [9.17, 15) is 24.2 Å². The van der Waals surface area contributed by atoms with Crippen LogP contribution < -0.4 is 5.32 Å². The topological polar surface area (TPSA) is 95.9 Å². The first-order chi connectivity index (χ1) is 18.6. The van der Waals surface area contributed by atoms with Crippen molar-refractivity contribution in [3.63, 3.8) is 0 Å². The predicted octanol–water partition coefficient (Wildman–Crippen LogP) is 4.83. The van der Waals surface area contributed by atoms with Gasteiger partial charge in [0, 0.05) is 12.8 Å². The average molecular weight is 534 g/mol. The number of methoxy groups -OCH3 is 1. The Hall–Kier alpha value is -3.81. The van der Waals surface area contributed by atoms with Gasteiger partial charge in [0.05, 0.1) is 25.7 Å². The molecule has 3 rings (SSSR count). The molecule has 0 unspecified atom stereocenters. The van der Waals surface area contributed by atoms with E-state index in [1.165, 1.54) is 13.2 Å². The van der Waals surface area contributed by atoms with Gasteiger partial charge in [-0.15, -0.1) is 0 Å². The minimum atomic E-state index is -1.13. The third kappa shape index (κ3) is 8.60. The Morgan fingerprint density at radius 2 is 1.72 bits per heavy atom. The Morgan fingerprint density at radius 1 is 1.00 bits per heavy atom. The van der Waals surface area contributed by atoms with Crippen molar-refractivity contribution in [1.82, 2.24) is 5.32 Å². The van der Waals surface area contributed by atoms with Crippen LogP contribution in [0, 0.1) is 26.6 Å². The summed E-state index contributed by atoms with van der Waals surface area (Å²) in [5.74, 6) is -1.37. The number of nitrogens with one attached hydrogen (secondary N) is 1. The molecule has 39 heavy (non-hydrogen) atoms. The summed E-state index contributed by atoms with van der Waals surface area (Å²) in [5, 5.41) is 23.7. The zero-order chi connectivity index (χ0) is 28.5. The highest BCUT2D eigenvalue weighted by Crippen LogP contribution is 2.30. The van der Waals surface area contributed by atoms with E-state index in [1.807, 2.05) is 56.3 Å². The molecule has 0 spiro atoms. The number of carbonyl (C=O) groups excluding carboxylic acids is 2. The molecule has 0 saturated carbocycles. The van der Waals surface area contributed by atoms with Crippen LogP contribution in [0.15, 0.2) is 66.7 Å². The van der Waals surface area contributed by atoms with E-state index in [4.69, 9.17) is 4.74 Å². The van der Waals surface area contributed by atoms with Crippen LogP contribution in [-0.2, 0) is 20.7 Å². The number of rotatable bonds is 11. The van der Waals surface area contributed by atoms with Crippen molar-refractivity contribution >= 4 is 18.0 Å². The highest BCUT2D eigenvalue weighted by Gasteiger charge is 2.23. The van der Waals surface area contributed by atoms with Gasteiger partial charge >= 0.3 is 5.97 Å². The largest absolute Gasteiger partial charge is 0.467 e. The Balaban J connectivity index is 1.65. The maximum absolute atomic E-state index is 13.8. The lowest BCUT2D eigenvalue weighted by Gasteiger charge is -2.18. The fraction of sp³-hybridized carbons (Fsp3) is 0.312. The zero-order valence-electron chi connectivity index (χ0n) is 22.8. The zero-order valence-corrected chi connectivity index (χ0v) is 22.8. The van der Waals surface area contributed by atoms with Gasteiger partial charge in [0.2, 0.25) is 5.91 Å². The average Bonchev–Trinajstić information content (AvgIpc) is 2.89. The summed E-state index contributed by atoms with van der Waals surface area (Å²) in [5.41, 5.74) is 6.09. The second-order valence-electron chi connectivity index (χ2n) is 9.86. The van der Waals surface area contributed by atoms with Crippen LogP contribution in [0.5, 0.6) is 0 Å². The number of aliphatic hydroxyl groups is 2. The third-order valence-corrected chi connectivity index (χ3v) is 6.52. The number of aryl methyl sites for hydroxylation is 3. The highest BCUT2D eigenvalue weighted by atomic mass is 19.1. The van der Waals surface area contributed by atoms with E-state index in [-0.39, 0.29) is 25.1 Å². The molecule has 0 aliphatic carbocycles. The summed E-state index contributed by atoms with van der Waals surface area (Å²) in [6.45, 7) is 5.67. The molecule has 0 saturated heterocycles. The first-order valence-electron chi connectivity index (χ1n) is 12.9. The van der Waals surface area contributed by atoms with E-state index < -0.39 is 30.1 Å². The molecule has 0 fully saturated rings. The fourth-order valence-corrected chi connectivity index (χ4v) is 4.55. The number of hydrogen-bond donors (Lipinski definition) is 3. The van der Waals surface area contributed by atoms with Crippen LogP contribution in [0.1, 0.15) is 40.7 Å². The first-order valence-corrected chi connectivity index (χ1v) is 12.9. The van der Waals surface area contributed by atoms with Crippen LogP contribution in [0.3, 0.4) is 0 Å². The molecule has 0 aliphatic heterocycles. The molecular formula is C32H36FNO5. The fourth-order valence-electron chi connectivity index (χ4n) is 4.55. The summed E-state index contributed by atoms with van der Waals surface area (Å²) in [6, 6.07) is 17.3. The van der Waals surface area contributed by atoms with E-state index in [2.05, 4.69) is 5.32 Å². The molecule has 0 aromatic heterocycles. The molecule has 3 N–H and O–H groups in total. The second kappa shape index (κ2) is 13.8. The lowest BCUT2D eigenvalue weighted by molar-refractivity contribution is -0.145. The summed E-state index contributed by atoms with van der Waals surface area (Å²) < 4.78 is 18.7. The molecule has 3 aromatic rings. The van der Waals surface area contributed by atoms with Crippen molar-refractivity contribution in [3.05, 3.63) is 100 Å². The number of carbonyl (C=O) groups is 2. The van der Waals surface area contributed by atoms with E-state index in [0.717, 1.165) is 33.4 Å². The van der Waals surface area contributed by atoms with Gasteiger partial charge in [-0.2, -0.15) is 0 Å². The minimum absolute atomic E-state index is 0.0681. The Morgan fingerprint density at radius 3 is 2.38 bits per heavy atom. The summed E-state index contributed by atoms with van der Waals surface area (Å²) in [6.07, 6.45) is 1.12. The number of esters is 1. The standard InChI is InChI=1S/C32H36FNO5/c1-20-14-21(2)27(28(15-20)24-10-13-29(33)22(3)16-24)12-11-25(35)18-26(36)19-31(37)34-30(32(38)39-4)17-23-8-6-5-7-9-23/h5-16,25-26,30,35-36H,17-19H2,1-4H3,(H,34,37)/t25-,26-,30+/m1/s1. The van der Waals surface area contributed by atoms with Crippen LogP contribution in [-0.4, -0.2) is 47.4 Å². The maximum atomic E-state index is 13.8. The molecule has 3 atom stereocenters. The molecule has 0 aliphatic rings. The van der Waals surface area contributed by atoms with Crippen molar-refractivity contribution in [1.29, 1.82) is 0 Å². The lowest BCUT2D eigenvalue weighted by Crippen LogP contribution is -2.44. The molecule has 0 heterocycles. The van der Waals surface area contributed by atoms with Crippen LogP contribution in [0.2, 0.25) is 0 Å². The van der Waals surface area contributed by atoms with Crippen LogP contribution >= 0.6 is 0 Å². The third-order valence-electron chi connectivity index (χ3n) is 6.52. The molecule has 1 amide bonds. The number of hydrogen-bond acceptors (Lipinski definition) is 5. The SMILES string of the molecule is COC(=O)[C@H](Cc1ccccc1)NC(=O)C[C@H](O)C[C@H](O)C=Cc1c(C)cc(C)cc1-c1ccc(F)c(C)c1. The molecule has 0 radical (unpaired) electrons. The monoisotopic (exact) mass is 533 g/mol. The van der Waals surface area contributed by atoms with E-state index >= 15 is 0 Å². The molecular weight excluding hydrogens is 497 g/mol. The summed E-state index contributed by atoms with van der Waals surface area (Å²) >= 11 is 0. The number of amides is 1. The van der Waals surface area contributed by atoms with Gasteiger partial charge in [-0.05, 0) is 66.3 Å². The second-order valence-corrected chi connectivity index (χ2v) is 9.86. The highest BCUT2D eigenvalue weighted by molar-refractivity contribution is 5.85. The van der Waals surface area contributed by atoms with Gasteiger partial charge in [-0.1, -0.05) is 66.2 Å². The normalized spacial score (nSPS) is 13.6. The van der Waals surface area contributed by atoms with Gasteiger partial charge in [0.15, 0.2) is 0 Å². The number of benzene rings is 3. The predicted molar refractivity (Wildman–Crippen MR) is 150 cm³/mol. The summed E-state index contributed by atoms with van der Waals surface area (Å²) in [7, 11) is 1.25. The van der Waals surface area contributed by atoms with Crippen molar-refractivity contribution in [2.75, 3.05) is 7.11 Å². The Bertz CT molecular complexity index is 1320. The number of halogens is 1. The molecule has 7 heteroatoms. The molecule has 0 bridgehead atoms. The number of ether oxygens (including phenoxy) is 1. The molecule has 3 aromatic carbocycles. The quantitative estimate of drug-likeness (QED) is 0.307. The first kappa shape index (κ1) is 29.7. The van der Waals surface area contributed by atoms with Crippen LogP contribution in [0.4, 0.5) is 4.39 Å². The van der Waals surface area contributed by atoms with Gasteiger partial charge in [0.1, 0.15) is 11.9 Å². The van der Waals surface area contributed by atoms with Crippen molar-refractivity contribution in [3.8, 4) is 11.1 Å². The van der Waals surface area contributed by atoms with E-state index in [1.54, 1.807) is 31.2 Å². The van der Waals surface area contributed by atoms with E-state index in [0.29, 0.717) is 5.56 Å². The summed E-state index contributed by atoms with van der Waals surface area (Å²) in [4.78, 5) is 24.7. The Kier molecular flexibility index (Phi) is 10.5. The lowest BCUT2D eigenvalue weighted by atomic mass is 9.92. The van der Waals surface area contributed by atoms with Crippen molar-refractivity contribution in [2.45, 2.75) is 58.3 Å². The van der Waals surface area contributed by atoms with Gasteiger partial charge < -0.3 is 20.3 Å². The van der Waals surface area contributed by atoms with Gasteiger partial charge in [-0.3, -0.25) is 4.79 Å². The van der Waals surface area contributed by atoms with Gasteiger partial charge in [0.25, 0.3) is 0 Å². The number of aliphatic hydroxyl groups excluding tert-OH is 2. The van der Waals surface area contributed by atoms with Gasteiger partial charge in [-0.25, -0.2) is 9.18 Å². The Labute approximate surface area is 229 Å².